The summed E-state index contributed by atoms with van der Waals surface area (Å²) in [5, 5.41) is 0. The lowest BCUT2D eigenvalue weighted by Crippen LogP contribution is -1.57. The van der Waals surface area contributed by atoms with Crippen LogP contribution in [0, 0.1) is 0 Å². The molecule has 0 radical (unpaired) electrons. The fourth-order valence-electron chi connectivity index (χ4n) is 0.255. The van der Waals surface area contributed by atoms with Gasteiger partial charge in [0.05, 0.1) is 0 Å². The van der Waals surface area contributed by atoms with Crippen molar-refractivity contribution in [2.45, 2.75) is 13.8 Å². The van der Waals surface area contributed by atoms with Gasteiger partial charge in [-0.15, -0.1) is 0 Å². The maximum atomic E-state index is 11.9. The first kappa shape index (κ1) is 6.41. The maximum absolute atomic E-state index is 11.9. The van der Waals surface area contributed by atoms with Crippen LogP contribution in [-0.4, -0.2) is 0 Å². The van der Waals surface area contributed by atoms with Crippen LogP contribution in [0.1, 0.15) is 13.8 Å². The first-order valence-corrected chi connectivity index (χ1v) is 2.25. The zero-order chi connectivity index (χ0) is 5.70. The van der Waals surface area contributed by atoms with Gasteiger partial charge in [0.15, 0.2) is 0 Å². The van der Waals surface area contributed by atoms with Crippen molar-refractivity contribution in [3.05, 3.63) is 24.1 Å². The molecule has 0 heterocycles. The van der Waals surface area contributed by atoms with Crippen LogP contribution in [-0.2, 0) is 0 Å². The molecule has 0 aromatic heterocycles. The molecule has 0 aliphatic heterocycles. The Hall–Kier alpha value is -0.590. The Morgan fingerprint density at radius 3 is 2.14 bits per heavy atom. The molecule has 0 saturated heterocycles. The number of allylic oxidation sites excluding steroid dienone is 4. The number of hydrogen-bond donors (Lipinski definition) is 0. The lowest BCUT2D eigenvalue weighted by Gasteiger charge is -1.76. The molecule has 0 fully saturated rings. The van der Waals surface area contributed by atoms with E-state index in [-0.39, 0.29) is 5.83 Å². The van der Waals surface area contributed by atoms with Gasteiger partial charge in [0.2, 0.25) is 0 Å². The number of rotatable bonds is 1. The quantitative estimate of drug-likeness (QED) is 0.444. The standard InChI is InChI=1S/C6H9F/c1-3-5-6(7)4-2/h3-5H,1-2H3/b5-3-,6-4+. The fraction of sp³-hybridized carbons (Fsp3) is 0.333. The highest BCUT2D eigenvalue weighted by Crippen LogP contribution is 1.95. The summed E-state index contributed by atoms with van der Waals surface area (Å²) < 4.78 is 11.9. The Morgan fingerprint density at radius 2 is 2.00 bits per heavy atom. The minimum atomic E-state index is -0.178. The van der Waals surface area contributed by atoms with E-state index >= 15 is 0 Å². The molecule has 0 aliphatic carbocycles. The van der Waals surface area contributed by atoms with E-state index in [1.165, 1.54) is 12.2 Å². The third kappa shape index (κ3) is 3.23. The van der Waals surface area contributed by atoms with E-state index in [9.17, 15) is 4.39 Å². The molecular weight excluding hydrogens is 91.1 g/mol. The summed E-state index contributed by atoms with van der Waals surface area (Å²) in [5.41, 5.74) is 0. The fourth-order valence-corrected chi connectivity index (χ4v) is 0.255. The molecule has 40 valence electrons. The third-order valence-electron chi connectivity index (χ3n) is 0.602. The smallest absolute Gasteiger partial charge is 0.118 e. The van der Waals surface area contributed by atoms with E-state index < -0.39 is 0 Å². The van der Waals surface area contributed by atoms with Gasteiger partial charge in [-0.1, -0.05) is 12.2 Å². The molecule has 0 rings (SSSR count). The predicted octanol–water partition coefficient (Wildman–Crippen LogP) is 2.44. The zero-order valence-electron chi connectivity index (χ0n) is 4.61. The Kier molecular flexibility index (Phi) is 3.29. The number of hydrogen-bond acceptors (Lipinski definition) is 0. The molecule has 0 nitrogen and oxygen atoms in total. The highest BCUT2D eigenvalue weighted by Gasteiger charge is 1.75. The second-order valence-electron chi connectivity index (χ2n) is 1.17. The van der Waals surface area contributed by atoms with Crippen LogP contribution >= 0.6 is 0 Å². The average molecular weight is 100 g/mol. The molecule has 0 spiro atoms. The van der Waals surface area contributed by atoms with Crippen molar-refractivity contribution in [3.63, 3.8) is 0 Å². The van der Waals surface area contributed by atoms with E-state index in [4.69, 9.17) is 0 Å². The van der Waals surface area contributed by atoms with E-state index in [0.717, 1.165) is 0 Å². The molecule has 0 aromatic rings. The first-order valence-electron chi connectivity index (χ1n) is 2.25. The van der Waals surface area contributed by atoms with Gasteiger partial charge in [0.25, 0.3) is 0 Å². The molecule has 0 atom stereocenters. The SMILES string of the molecule is C/C=C\C(F)=C/C. The summed E-state index contributed by atoms with van der Waals surface area (Å²) >= 11 is 0. The molecule has 0 amide bonds. The molecule has 0 N–H and O–H groups in total. The van der Waals surface area contributed by atoms with Gasteiger partial charge in [-0.2, -0.15) is 0 Å². The highest BCUT2D eigenvalue weighted by atomic mass is 19.1. The van der Waals surface area contributed by atoms with Gasteiger partial charge in [-0.3, -0.25) is 0 Å². The van der Waals surface area contributed by atoms with Gasteiger partial charge >= 0.3 is 0 Å². The zero-order valence-corrected chi connectivity index (χ0v) is 4.61. The van der Waals surface area contributed by atoms with Gasteiger partial charge in [-0.05, 0) is 19.9 Å². The van der Waals surface area contributed by atoms with Crippen LogP contribution in [0.4, 0.5) is 4.39 Å². The van der Waals surface area contributed by atoms with Crippen molar-refractivity contribution < 1.29 is 4.39 Å². The summed E-state index contributed by atoms with van der Waals surface area (Å²) in [6, 6.07) is 0. The van der Waals surface area contributed by atoms with Crippen LogP contribution in [0.3, 0.4) is 0 Å². The predicted molar refractivity (Wildman–Crippen MR) is 29.7 cm³/mol. The highest BCUT2D eigenvalue weighted by molar-refractivity contribution is 5.08. The Bertz CT molecular complexity index is 90.4. The number of halogens is 1. The Labute approximate surface area is 43.4 Å². The van der Waals surface area contributed by atoms with Crippen molar-refractivity contribution >= 4 is 0 Å². The normalized spacial score (nSPS) is 13.3. The third-order valence-corrected chi connectivity index (χ3v) is 0.602. The second-order valence-corrected chi connectivity index (χ2v) is 1.17. The molecule has 0 aliphatic rings. The Balaban J connectivity index is 3.58. The second kappa shape index (κ2) is 3.59. The molecule has 7 heavy (non-hydrogen) atoms. The van der Waals surface area contributed by atoms with E-state index in [1.807, 2.05) is 0 Å². The topological polar surface area (TPSA) is 0 Å². The van der Waals surface area contributed by atoms with E-state index in [2.05, 4.69) is 0 Å². The summed E-state index contributed by atoms with van der Waals surface area (Å²) in [5.74, 6) is -0.178. The molecule has 0 saturated carbocycles. The van der Waals surface area contributed by atoms with E-state index in [0.29, 0.717) is 0 Å². The van der Waals surface area contributed by atoms with Crippen molar-refractivity contribution in [3.8, 4) is 0 Å². The lowest BCUT2D eigenvalue weighted by molar-refractivity contribution is 0.664. The van der Waals surface area contributed by atoms with Crippen molar-refractivity contribution in [2.24, 2.45) is 0 Å². The largest absolute Gasteiger partial charge is 0.207 e. The summed E-state index contributed by atoms with van der Waals surface area (Å²) in [4.78, 5) is 0. The van der Waals surface area contributed by atoms with Gasteiger partial charge in [0.1, 0.15) is 5.83 Å². The van der Waals surface area contributed by atoms with Crippen molar-refractivity contribution in [1.82, 2.24) is 0 Å². The molecule has 0 unspecified atom stereocenters. The minimum absolute atomic E-state index is 0.178. The minimum Gasteiger partial charge on any atom is -0.207 e. The van der Waals surface area contributed by atoms with Gasteiger partial charge in [0, 0.05) is 0 Å². The summed E-state index contributed by atoms with van der Waals surface area (Å²) in [6.07, 6.45) is 4.50. The molecule has 1 heteroatoms. The van der Waals surface area contributed by atoms with Crippen LogP contribution in [0.15, 0.2) is 24.1 Å². The van der Waals surface area contributed by atoms with Gasteiger partial charge in [-0.25, -0.2) is 4.39 Å². The maximum Gasteiger partial charge on any atom is 0.118 e. The first-order chi connectivity index (χ1) is 3.31. The molecule has 0 aromatic carbocycles. The summed E-state index contributed by atoms with van der Waals surface area (Å²) in [7, 11) is 0. The van der Waals surface area contributed by atoms with Crippen molar-refractivity contribution in [1.29, 1.82) is 0 Å². The lowest BCUT2D eigenvalue weighted by atomic mass is 10.4. The van der Waals surface area contributed by atoms with E-state index in [1.54, 1.807) is 19.9 Å². The van der Waals surface area contributed by atoms with Gasteiger partial charge < -0.3 is 0 Å². The Morgan fingerprint density at radius 1 is 1.43 bits per heavy atom. The van der Waals surface area contributed by atoms with Crippen LogP contribution in [0.25, 0.3) is 0 Å². The summed E-state index contributed by atoms with van der Waals surface area (Å²) in [6.45, 7) is 3.44. The van der Waals surface area contributed by atoms with Crippen LogP contribution in [0.5, 0.6) is 0 Å². The van der Waals surface area contributed by atoms with Crippen LogP contribution in [0.2, 0.25) is 0 Å². The van der Waals surface area contributed by atoms with Crippen LogP contribution < -0.4 is 0 Å². The average Bonchev–Trinajstić information content (AvgIpc) is 1.68. The molecule has 0 bridgehead atoms. The van der Waals surface area contributed by atoms with Crippen molar-refractivity contribution in [2.75, 3.05) is 0 Å². The molecular formula is C6H9F. The monoisotopic (exact) mass is 100 g/mol.